The number of hydrogen-bond acceptors (Lipinski definition) is 3. The van der Waals surface area contributed by atoms with E-state index in [1.807, 2.05) is 0 Å². The quantitative estimate of drug-likeness (QED) is 0.516. The SMILES string of the molecule is Cc1ncc(S(=O)(=O)Nc2c(F)c(F)c(F)c(F)c2F)[nH]1. The van der Waals surface area contributed by atoms with Crippen molar-refractivity contribution in [1.82, 2.24) is 9.97 Å². The van der Waals surface area contributed by atoms with E-state index in [4.69, 9.17) is 0 Å². The van der Waals surface area contributed by atoms with Gasteiger partial charge >= 0.3 is 0 Å². The van der Waals surface area contributed by atoms with Crippen molar-refractivity contribution < 1.29 is 30.4 Å². The Bertz CT molecular complexity index is 789. The summed E-state index contributed by atoms with van der Waals surface area (Å²) < 4.78 is 90.4. The normalized spacial score (nSPS) is 11.7. The molecule has 11 heteroatoms. The Hall–Kier alpha value is -2.17. The van der Waals surface area contributed by atoms with Crippen molar-refractivity contribution in [2.75, 3.05) is 4.72 Å². The van der Waals surface area contributed by atoms with E-state index in [2.05, 4.69) is 9.97 Å². The zero-order chi connectivity index (χ0) is 15.9. The van der Waals surface area contributed by atoms with Gasteiger partial charge in [0, 0.05) is 0 Å². The van der Waals surface area contributed by atoms with Gasteiger partial charge in [0.15, 0.2) is 28.3 Å². The molecule has 0 saturated carbocycles. The van der Waals surface area contributed by atoms with Crippen LogP contribution in [-0.2, 0) is 10.0 Å². The monoisotopic (exact) mass is 327 g/mol. The maximum Gasteiger partial charge on any atom is 0.279 e. The lowest BCUT2D eigenvalue weighted by molar-refractivity contribution is 0.382. The van der Waals surface area contributed by atoms with E-state index in [-0.39, 0.29) is 5.82 Å². The molecule has 0 amide bonds. The highest BCUT2D eigenvalue weighted by Gasteiger charge is 2.29. The number of rotatable bonds is 3. The van der Waals surface area contributed by atoms with Crippen LogP contribution in [0.4, 0.5) is 27.6 Å². The Morgan fingerprint density at radius 2 is 1.48 bits per heavy atom. The topological polar surface area (TPSA) is 74.8 Å². The van der Waals surface area contributed by atoms with Gasteiger partial charge in [0.25, 0.3) is 10.0 Å². The lowest BCUT2D eigenvalue weighted by Crippen LogP contribution is -2.17. The minimum atomic E-state index is -4.59. The maximum absolute atomic E-state index is 13.4. The Kier molecular flexibility index (Phi) is 3.61. The first-order valence-electron chi connectivity index (χ1n) is 5.21. The molecule has 2 aromatic rings. The number of imidazole rings is 1. The molecule has 0 atom stereocenters. The van der Waals surface area contributed by atoms with E-state index >= 15 is 0 Å². The summed E-state index contributed by atoms with van der Waals surface area (Å²) in [6.07, 6.45) is 0.823. The molecule has 114 valence electrons. The number of nitrogens with zero attached hydrogens (tertiary/aromatic N) is 1. The molecular formula is C10H6F5N3O2S. The van der Waals surface area contributed by atoms with Crippen LogP contribution in [0.1, 0.15) is 5.82 Å². The zero-order valence-electron chi connectivity index (χ0n) is 10.1. The maximum atomic E-state index is 13.4. The van der Waals surface area contributed by atoms with Gasteiger partial charge in [0.2, 0.25) is 5.82 Å². The summed E-state index contributed by atoms with van der Waals surface area (Å²) in [5.41, 5.74) is -1.67. The predicted octanol–water partition coefficient (Wildman–Crippen LogP) is 2.21. The lowest BCUT2D eigenvalue weighted by atomic mass is 10.2. The van der Waals surface area contributed by atoms with Crippen LogP contribution in [0.25, 0.3) is 0 Å². The molecular weight excluding hydrogens is 321 g/mol. The van der Waals surface area contributed by atoms with Crippen molar-refractivity contribution in [3.8, 4) is 0 Å². The van der Waals surface area contributed by atoms with E-state index in [1.54, 1.807) is 0 Å². The first-order chi connectivity index (χ1) is 9.65. The van der Waals surface area contributed by atoms with Gasteiger partial charge in [-0.05, 0) is 6.92 Å². The van der Waals surface area contributed by atoms with E-state index in [1.165, 1.54) is 11.6 Å². The van der Waals surface area contributed by atoms with E-state index in [9.17, 15) is 30.4 Å². The van der Waals surface area contributed by atoms with Crippen molar-refractivity contribution >= 4 is 15.7 Å². The number of halogens is 5. The Morgan fingerprint density at radius 3 is 1.90 bits per heavy atom. The Balaban J connectivity index is 2.55. The largest absolute Gasteiger partial charge is 0.332 e. The van der Waals surface area contributed by atoms with E-state index in [0.29, 0.717) is 0 Å². The van der Waals surface area contributed by atoms with Gasteiger partial charge in [0.1, 0.15) is 11.5 Å². The number of hydrogen-bond donors (Lipinski definition) is 2. The van der Waals surface area contributed by atoms with Crippen molar-refractivity contribution in [3.05, 3.63) is 41.1 Å². The molecule has 0 fully saturated rings. The fourth-order valence-electron chi connectivity index (χ4n) is 1.42. The van der Waals surface area contributed by atoms with Crippen LogP contribution < -0.4 is 4.72 Å². The first-order valence-corrected chi connectivity index (χ1v) is 6.69. The highest BCUT2D eigenvalue weighted by atomic mass is 32.2. The van der Waals surface area contributed by atoms with Gasteiger partial charge in [-0.2, -0.15) is 8.42 Å². The van der Waals surface area contributed by atoms with Gasteiger partial charge in [-0.3, -0.25) is 4.72 Å². The summed E-state index contributed by atoms with van der Waals surface area (Å²) >= 11 is 0. The third kappa shape index (κ3) is 2.55. The second kappa shape index (κ2) is 4.98. The number of H-pyrrole nitrogens is 1. The Labute approximate surface area is 114 Å². The molecule has 21 heavy (non-hydrogen) atoms. The molecule has 0 bridgehead atoms. The van der Waals surface area contributed by atoms with Crippen LogP contribution in [0.15, 0.2) is 11.2 Å². The molecule has 5 nitrogen and oxygen atoms in total. The molecule has 1 aromatic carbocycles. The van der Waals surface area contributed by atoms with Gasteiger partial charge in [-0.15, -0.1) is 0 Å². The van der Waals surface area contributed by atoms with Crippen LogP contribution in [0.5, 0.6) is 0 Å². The highest BCUT2D eigenvalue weighted by Crippen LogP contribution is 2.28. The highest BCUT2D eigenvalue weighted by molar-refractivity contribution is 7.92. The summed E-state index contributed by atoms with van der Waals surface area (Å²) in [5, 5.41) is -0.594. The number of aryl methyl sites for hydroxylation is 1. The molecule has 0 unspecified atom stereocenters. The van der Waals surface area contributed by atoms with Crippen LogP contribution >= 0.6 is 0 Å². The first kappa shape index (κ1) is 15.2. The van der Waals surface area contributed by atoms with Crippen molar-refractivity contribution in [1.29, 1.82) is 0 Å². The summed E-state index contributed by atoms with van der Waals surface area (Å²) in [6.45, 7) is 1.40. The molecule has 0 aliphatic heterocycles. The number of nitrogens with one attached hydrogen (secondary N) is 2. The number of anilines is 1. The summed E-state index contributed by atoms with van der Waals surface area (Å²) in [4.78, 5) is 5.80. The van der Waals surface area contributed by atoms with Gasteiger partial charge in [-0.25, -0.2) is 26.9 Å². The molecule has 1 aromatic heterocycles. The summed E-state index contributed by atoms with van der Waals surface area (Å²) in [6, 6.07) is 0. The second-order valence-electron chi connectivity index (χ2n) is 3.88. The molecule has 0 saturated heterocycles. The molecule has 0 aliphatic carbocycles. The summed E-state index contributed by atoms with van der Waals surface area (Å²) in [7, 11) is -4.59. The smallest absolute Gasteiger partial charge is 0.279 e. The van der Waals surface area contributed by atoms with Crippen molar-refractivity contribution in [2.45, 2.75) is 11.9 Å². The van der Waals surface area contributed by atoms with Gasteiger partial charge < -0.3 is 4.98 Å². The number of sulfonamides is 1. The second-order valence-corrected chi connectivity index (χ2v) is 5.53. The van der Waals surface area contributed by atoms with Gasteiger partial charge in [0.05, 0.1) is 6.20 Å². The van der Waals surface area contributed by atoms with Crippen LogP contribution in [0.2, 0.25) is 0 Å². The van der Waals surface area contributed by atoms with Crippen LogP contribution in [0, 0.1) is 36.0 Å². The third-order valence-electron chi connectivity index (χ3n) is 2.42. The average Bonchev–Trinajstić information content (AvgIpc) is 2.87. The molecule has 2 N–H and O–H groups in total. The van der Waals surface area contributed by atoms with E-state index < -0.39 is 49.8 Å². The lowest BCUT2D eigenvalue weighted by Gasteiger charge is -2.10. The molecule has 0 radical (unpaired) electrons. The fraction of sp³-hybridized carbons (Fsp3) is 0.100. The number of benzene rings is 1. The Morgan fingerprint density at radius 1 is 1.00 bits per heavy atom. The number of aromatic amines is 1. The van der Waals surface area contributed by atoms with Crippen molar-refractivity contribution in [3.63, 3.8) is 0 Å². The molecule has 2 rings (SSSR count). The predicted molar refractivity (Wildman–Crippen MR) is 60.4 cm³/mol. The molecule has 0 aliphatic rings. The minimum Gasteiger partial charge on any atom is -0.332 e. The van der Waals surface area contributed by atoms with Crippen LogP contribution in [-0.4, -0.2) is 18.4 Å². The van der Waals surface area contributed by atoms with E-state index in [0.717, 1.165) is 6.20 Å². The number of aromatic nitrogens is 2. The van der Waals surface area contributed by atoms with Crippen molar-refractivity contribution in [2.24, 2.45) is 0 Å². The third-order valence-corrected chi connectivity index (χ3v) is 3.67. The summed E-state index contributed by atoms with van der Waals surface area (Å²) in [5.74, 6) is -11.3. The fourth-order valence-corrected chi connectivity index (χ4v) is 2.45. The molecule has 0 spiro atoms. The minimum absolute atomic E-state index is 0.174. The zero-order valence-corrected chi connectivity index (χ0v) is 11.0. The van der Waals surface area contributed by atoms with Gasteiger partial charge in [-0.1, -0.05) is 0 Å². The molecule has 1 heterocycles. The average molecular weight is 327 g/mol. The van der Waals surface area contributed by atoms with Crippen LogP contribution in [0.3, 0.4) is 0 Å². The standard InChI is InChI=1S/C10H6F5N3O2S/c1-3-16-2-4(17-3)21(19,20)18-10-8(14)6(12)5(11)7(13)9(10)15/h2,18H,1H3,(H,16,17).